The average molecular weight is 493 g/mol. The van der Waals surface area contributed by atoms with Crippen LogP contribution in [0.3, 0.4) is 0 Å². The van der Waals surface area contributed by atoms with Crippen LogP contribution in [0.1, 0.15) is 16.7 Å². The predicted molar refractivity (Wildman–Crippen MR) is 133 cm³/mol. The molecule has 0 aliphatic carbocycles. The second-order valence-corrected chi connectivity index (χ2v) is 9.03. The summed E-state index contributed by atoms with van der Waals surface area (Å²) in [4.78, 5) is 20.7. The number of aliphatic imine (C=N–C) groups is 1. The van der Waals surface area contributed by atoms with Crippen LogP contribution in [0.2, 0.25) is 0 Å². The minimum Gasteiger partial charge on any atom is -0.496 e. The van der Waals surface area contributed by atoms with Crippen molar-refractivity contribution in [1.82, 2.24) is 0 Å². The van der Waals surface area contributed by atoms with Crippen molar-refractivity contribution >= 4 is 56.2 Å². The monoisotopic (exact) mass is 492 g/mol. The fourth-order valence-corrected chi connectivity index (χ4v) is 4.75. The Morgan fingerprint density at radius 3 is 2.39 bits per heavy atom. The van der Waals surface area contributed by atoms with Crippen LogP contribution in [-0.2, 0) is 4.79 Å². The molecule has 156 valence electrons. The maximum atomic E-state index is 13.5. The number of carbonyl (C=O) groups is 1. The average Bonchev–Trinajstić information content (AvgIpc) is 3.06. The molecule has 6 heteroatoms. The van der Waals surface area contributed by atoms with Crippen LogP contribution in [-0.4, -0.2) is 18.2 Å². The zero-order chi connectivity index (χ0) is 22.0. The lowest BCUT2D eigenvalue weighted by atomic mass is 10.1. The van der Waals surface area contributed by atoms with Crippen LogP contribution < -0.4 is 9.64 Å². The number of ether oxygens (including phenoxy) is 1. The minimum absolute atomic E-state index is 0.108. The second kappa shape index (κ2) is 9.12. The van der Waals surface area contributed by atoms with Gasteiger partial charge in [0.25, 0.3) is 5.91 Å². The molecule has 0 spiro atoms. The van der Waals surface area contributed by atoms with Crippen LogP contribution in [0.4, 0.5) is 11.4 Å². The molecule has 0 unspecified atom stereocenters. The highest BCUT2D eigenvalue weighted by atomic mass is 79.9. The lowest BCUT2D eigenvalue weighted by Gasteiger charge is -2.16. The lowest BCUT2D eigenvalue weighted by Crippen LogP contribution is -2.28. The molecule has 3 aromatic carbocycles. The standard InChI is InChI=1S/C25H21BrN2O2S/c1-16-8-7-9-17(2)23(16)27-25-28(20-10-5-4-6-11-20)24(29)22(31-25)15-18-14-19(26)12-13-21(18)30-3/h4-15H,1-3H3/b22-15+,27-25?. The number of thioether (sulfide) groups is 1. The van der Waals surface area contributed by atoms with E-state index < -0.39 is 0 Å². The summed E-state index contributed by atoms with van der Waals surface area (Å²) in [7, 11) is 1.62. The van der Waals surface area contributed by atoms with Gasteiger partial charge in [-0.05, 0) is 73.1 Å². The fraction of sp³-hybridized carbons (Fsp3) is 0.120. The number of anilines is 1. The number of amides is 1. The Balaban J connectivity index is 1.84. The van der Waals surface area contributed by atoms with Crippen LogP contribution in [0.15, 0.2) is 81.1 Å². The molecule has 0 atom stereocenters. The van der Waals surface area contributed by atoms with Gasteiger partial charge in [-0.15, -0.1) is 0 Å². The van der Waals surface area contributed by atoms with Gasteiger partial charge < -0.3 is 4.74 Å². The van der Waals surface area contributed by atoms with E-state index in [0.717, 1.165) is 32.5 Å². The zero-order valence-electron chi connectivity index (χ0n) is 17.4. The number of nitrogens with zero attached hydrogens (tertiary/aromatic N) is 2. The van der Waals surface area contributed by atoms with Crippen LogP contribution >= 0.6 is 27.7 Å². The fourth-order valence-electron chi connectivity index (χ4n) is 3.39. The number of hydrogen-bond donors (Lipinski definition) is 0. The summed E-state index contributed by atoms with van der Waals surface area (Å²) in [5.41, 5.74) is 4.64. The summed E-state index contributed by atoms with van der Waals surface area (Å²) in [5, 5.41) is 0.633. The third-order valence-electron chi connectivity index (χ3n) is 4.95. The summed E-state index contributed by atoms with van der Waals surface area (Å²) in [6.07, 6.45) is 1.86. The van der Waals surface area contributed by atoms with E-state index >= 15 is 0 Å². The number of amidine groups is 1. The van der Waals surface area contributed by atoms with E-state index in [0.29, 0.717) is 15.8 Å². The van der Waals surface area contributed by atoms with Crippen molar-refractivity contribution in [3.05, 3.63) is 92.8 Å². The smallest absolute Gasteiger partial charge is 0.271 e. The first-order valence-corrected chi connectivity index (χ1v) is 11.4. The van der Waals surface area contributed by atoms with Gasteiger partial charge in [0.05, 0.1) is 23.4 Å². The molecule has 0 aromatic heterocycles. The summed E-state index contributed by atoms with van der Waals surface area (Å²) >= 11 is 4.87. The first-order chi connectivity index (χ1) is 15.0. The number of hydrogen-bond acceptors (Lipinski definition) is 4. The van der Waals surface area contributed by atoms with Crippen molar-refractivity contribution in [2.24, 2.45) is 4.99 Å². The lowest BCUT2D eigenvalue weighted by molar-refractivity contribution is -0.113. The molecular formula is C25H21BrN2O2S. The van der Waals surface area contributed by atoms with Gasteiger partial charge in [-0.25, -0.2) is 4.99 Å². The SMILES string of the molecule is COc1ccc(Br)cc1/C=C1/SC(=Nc2c(C)cccc2C)N(c2ccccc2)C1=O. The molecule has 1 amide bonds. The number of rotatable bonds is 4. The highest BCUT2D eigenvalue weighted by Crippen LogP contribution is 2.39. The van der Waals surface area contributed by atoms with Gasteiger partial charge in [-0.2, -0.15) is 0 Å². The van der Waals surface area contributed by atoms with Gasteiger partial charge in [0.15, 0.2) is 5.17 Å². The third-order valence-corrected chi connectivity index (χ3v) is 6.41. The summed E-state index contributed by atoms with van der Waals surface area (Å²) in [6, 6.07) is 21.4. The van der Waals surface area contributed by atoms with Crippen molar-refractivity contribution in [3.8, 4) is 5.75 Å². The molecule has 1 fully saturated rings. The minimum atomic E-state index is -0.108. The van der Waals surface area contributed by atoms with Crippen molar-refractivity contribution in [3.63, 3.8) is 0 Å². The summed E-state index contributed by atoms with van der Waals surface area (Å²) in [6.45, 7) is 4.06. The van der Waals surface area contributed by atoms with E-state index in [1.165, 1.54) is 11.8 Å². The van der Waals surface area contributed by atoms with Crippen molar-refractivity contribution < 1.29 is 9.53 Å². The number of halogens is 1. The van der Waals surface area contributed by atoms with E-state index in [2.05, 4.69) is 15.9 Å². The molecule has 0 N–H and O–H groups in total. The number of aryl methyl sites for hydroxylation is 2. The van der Waals surface area contributed by atoms with E-state index in [1.54, 1.807) is 12.0 Å². The Morgan fingerprint density at radius 1 is 1.00 bits per heavy atom. The first-order valence-electron chi connectivity index (χ1n) is 9.75. The molecule has 4 nitrogen and oxygen atoms in total. The topological polar surface area (TPSA) is 41.9 Å². The Bertz CT molecular complexity index is 1190. The Labute approximate surface area is 194 Å². The Morgan fingerprint density at radius 2 is 1.71 bits per heavy atom. The summed E-state index contributed by atoms with van der Waals surface area (Å²) in [5.74, 6) is 0.596. The van der Waals surface area contributed by atoms with Crippen molar-refractivity contribution in [2.75, 3.05) is 12.0 Å². The first kappa shape index (κ1) is 21.4. The largest absolute Gasteiger partial charge is 0.496 e. The third kappa shape index (κ3) is 4.45. The second-order valence-electron chi connectivity index (χ2n) is 7.11. The van der Waals surface area contributed by atoms with E-state index in [1.807, 2.05) is 86.7 Å². The number of para-hydroxylation sites is 2. The highest BCUT2D eigenvalue weighted by Gasteiger charge is 2.35. The van der Waals surface area contributed by atoms with Crippen LogP contribution in [0.25, 0.3) is 6.08 Å². The van der Waals surface area contributed by atoms with E-state index in [4.69, 9.17) is 9.73 Å². The number of methoxy groups -OCH3 is 1. The number of benzene rings is 3. The Kier molecular flexibility index (Phi) is 6.30. The van der Waals surface area contributed by atoms with Crippen molar-refractivity contribution in [2.45, 2.75) is 13.8 Å². The molecule has 1 heterocycles. The molecule has 1 aliphatic rings. The molecule has 1 saturated heterocycles. The Hall–Kier alpha value is -2.83. The summed E-state index contributed by atoms with van der Waals surface area (Å²) < 4.78 is 6.40. The maximum absolute atomic E-state index is 13.5. The van der Waals surface area contributed by atoms with Gasteiger partial charge in [-0.3, -0.25) is 9.69 Å². The predicted octanol–water partition coefficient (Wildman–Crippen LogP) is 6.88. The normalized spacial score (nSPS) is 16.4. The van der Waals surface area contributed by atoms with Gasteiger partial charge in [-0.1, -0.05) is 52.3 Å². The highest BCUT2D eigenvalue weighted by molar-refractivity contribution is 9.10. The quantitative estimate of drug-likeness (QED) is 0.372. The van der Waals surface area contributed by atoms with Gasteiger partial charge in [0.2, 0.25) is 0 Å². The molecule has 3 aromatic rings. The molecule has 0 bridgehead atoms. The van der Waals surface area contributed by atoms with Gasteiger partial charge in [0, 0.05) is 10.0 Å². The van der Waals surface area contributed by atoms with Crippen LogP contribution in [0, 0.1) is 13.8 Å². The molecule has 0 radical (unpaired) electrons. The van der Waals surface area contributed by atoms with Crippen LogP contribution in [0.5, 0.6) is 5.75 Å². The molecule has 1 aliphatic heterocycles. The van der Waals surface area contributed by atoms with Crippen molar-refractivity contribution in [1.29, 1.82) is 0 Å². The van der Waals surface area contributed by atoms with Gasteiger partial charge >= 0.3 is 0 Å². The van der Waals surface area contributed by atoms with Gasteiger partial charge in [0.1, 0.15) is 5.75 Å². The van der Waals surface area contributed by atoms with E-state index in [-0.39, 0.29) is 5.91 Å². The molecule has 31 heavy (non-hydrogen) atoms. The maximum Gasteiger partial charge on any atom is 0.271 e. The molecule has 0 saturated carbocycles. The zero-order valence-corrected chi connectivity index (χ0v) is 19.8. The number of carbonyl (C=O) groups excluding carboxylic acids is 1. The molecular weight excluding hydrogens is 472 g/mol. The molecule has 4 rings (SSSR count). The van der Waals surface area contributed by atoms with E-state index in [9.17, 15) is 4.79 Å².